The van der Waals surface area contributed by atoms with Crippen molar-refractivity contribution >= 4 is 45.4 Å². The van der Waals surface area contributed by atoms with Gasteiger partial charge in [-0.1, -0.05) is 29.5 Å². The van der Waals surface area contributed by atoms with Crippen molar-refractivity contribution in [3.05, 3.63) is 70.4 Å². The predicted octanol–water partition coefficient (Wildman–Crippen LogP) is 3.28. The van der Waals surface area contributed by atoms with Crippen molar-refractivity contribution in [1.29, 1.82) is 0 Å². The van der Waals surface area contributed by atoms with Crippen LogP contribution >= 0.6 is 11.3 Å². The van der Waals surface area contributed by atoms with Crippen LogP contribution in [0.3, 0.4) is 0 Å². The Morgan fingerprint density at radius 3 is 2.72 bits per heavy atom. The first-order valence-corrected chi connectivity index (χ1v) is 10.5. The normalized spacial score (nSPS) is 11.1. The molecular weight excluding hydrogens is 428 g/mol. The van der Waals surface area contributed by atoms with Crippen molar-refractivity contribution in [1.82, 2.24) is 20.6 Å². The van der Waals surface area contributed by atoms with Crippen LogP contribution in [0.15, 0.2) is 53.6 Å². The van der Waals surface area contributed by atoms with Crippen LogP contribution in [-0.2, 0) is 11.2 Å². The number of hydrogen-bond acceptors (Lipinski definition) is 7. The number of hydrogen-bond donors (Lipinski definition) is 3. The zero-order valence-corrected chi connectivity index (χ0v) is 18.2. The number of nitrogens with one attached hydrogen (secondary N) is 3. The summed E-state index contributed by atoms with van der Waals surface area (Å²) in [5, 5.41) is 16.4. The molecule has 0 spiro atoms. The second kappa shape index (κ2) is 9.40. The Kier molecular flexibility index (Phi) is 6.22. The molecule has 9 nitrogen and oxygen atoms in total. The van der Waals surface area contributed by atoms with Crippen LogP contribution in [0.4, 0.5) is 5.13 Å². The minimum absolute atomic E-state index is 0.000277. The smallest absolute Gasteiger partial charge is 0.257 e. The maximum atomic E-state index is 12.3. The fraction of sp³-hybridized carbons (Fsp3) is 0.136. The predicted molar refractivity (Wildman–Crippen MR) is 123 cm³/mol. The molecule has 0 radical (unpaired) electrons. The molecule has 0 fully saturated rings. The lowest BCUT2D eigenvalue weighted by Crippen LogP contribution is -2.19. The molecule has 32 heavy (non-hydrogen) atoms. The highest BCUT2D eigenvalue weighted by Gasteiger charge is 2.13. The molecule has 10 heteroatoms. The zero-order chi connectivity index (χ0) is 22.5. The molecule has 0 bridgehead atoms. The molecule has 0 aliphatic heterocycles. The fourth-order valence-electron chi connectivity index (χ4n) is 3.10. The van der Waals surface area contributed by atoms with Crippen molar-refractivity contribution in [3.8, 4) is 5.75 Å². The number of aromatic amines is 1. The third kappa shape index (κ3) is 4.81. The SMILES string of the molecule is COc1ccc(C(=O)Nc2nnc(CC(=O)NN=Cc3c(C)[nH]c4ccccc34)s2)cc1. The number of benzene rings is 2. The number of H-pyrrole nitrogens is 1. The summed E-state index contributed by atoms with van der Waals surface area (Å²) in [6, 6.07) is 14.6. The topological polar surface area (TPSA) is 121 Å². The molecule has 162 valence electrons. The van der Waals surface area contributed by atoms with Gasteiger partial charge in [-0.05, 0) is 37.3 Å². The number of carbonyl (C=O) groups is 2. The highest BCUT2D eigenvalue weighted by molar-refractivity contribution is 7.15. The molecule has 2 aromatic heterocycles. The van der Waals surface area contributed by atoms with Crippen LogP contribution in [0.1, 0.15) is 26.6 Å². The summed E-state index contributed by atoms with van der Waals surface area (Å²) in [5.41, 5.74) is 5.86. The quantitative estimate of drug-likeness (QED) is 0.296. The standard InChI is InChI=1S/C22H20N6O3S/c1-13-17(16-5-3-4-6-18(16)24-13)12-23-26-19(29)11-20-27-28-22(32-20)25-21(30)14-7-9-15(31-2)10-8-14/h3-10,12,24H,11H2,1-2H3,(H,26,29)(H,25,28,30). The summed E-state index contributed by atoms with van der Waals surface area (Å²) in [4.78, 5) is 27.8. The van der Waals surface area contributed by atoms with Crippen LogP contribution in [0.5, 0.6) is 5.75 Å². The van der Waals surface area contributed by atoms with Crippen LogP contribution in [-0.4, -0.2) is 40.3 Å². The number of anilines is 1. The third-order valence-electron chi connectivity index (χ3n) is 4.68. The average molecular weight is 449 g/mol. The number of aryl methyl sites for hydroxylation is 1. The van der Waals surface area contributed by atoms with Gasteiger partial charge in [0, 0.05) is 27.7 Å². The van der Waals surface area contributed by atoms with E-state index >= 15 is 0 Å². The van der Waals surface area contributed by atoms with Gasteiger partial charge in [0.05, 0.1) is 19.7 Å². The number of para-hydroxylation sites is 1. The highest BCUT2D eigenvalue weighted by atomic mass is 32.1. The molecule has 0 aliphatic carbocycles. The third-order valence-corrected chi connectivity index (χ3v) is 5.52. The minimum Gasteiger partial charge on any atom is -0.497 e. The summed E-state index contributed by atoms with van der Waals surface area (Å²) in [6.45, 7) is 1.95. The Balaban J connectivity index is 1.32. The maximum Gasteiger partial charge on any atom is 0.257 e. The van der Waals surface area contributed by atoms with Gasteiger partial charge >= 0.3 is 0 Å². The lowest BCUT2D eigenvalue weighted by Gasteiger charge is -2.02. The van der Waals surface area contributed by atoms with Gasteiger partial charge in [-0.25, -0.2) is 5.43 Å². The second-order valence-corrected chi connectivity index (χ2v) is 7.92. The first kappa shape index (κ1) is 21.2. The number of nitrogens with zero attached hydrogens (tertiary/aromatic N) is 3. The maximum absolute atomic E-state index is 12.3. The van der Waals surface area contributed by atoms with Gasteiger partial charge in [0.15, 0.2) is 0 Å². The Morgan fingerprint density at radius 2 is 1.94 bits per heavy atom. The van der Waals surface area contributed by atoms with E-state index in [1.54, 1.807) is 37.6 Å². The lowest BCUT2D eigenvalue weighted by molar-refractivity contribution is -0.120. The van der Waals surface area contributed by atoms with Gasteiger partial charge in [0.25, 0.3) is 5.91 Å². The van der Waals surface area contributed by atoms with Crippen molar-refractivity contribution in [2.45, 2.75) is 13.3 Å². The number of hydrazone groups is 1. The molecule has 2 aromatic carbocycles. The Morgan fingerprint density at radius 1 is 1.16 bits per heavy atom. The number of aromatic nitrogens is 3. The van der Waals surface area contributed by atoms with Gasteiger partial charge in [-0.15, -0.1) is 10.2 Å². The molecule has 3 N–H and O–H groups in total. The Hall–Kier alpha value is -4.05. The molecular formula is C22H20N6O3S. The van der Waals surface area contributed by atoms with E-state index in [4.69, 9.17) is 4.74 Å². The van der Waals surface area contributed by atoms with Crippen molar-refractivity contribution in [2.75, 3.05) is 12.4 Å². The van der Waals surface area contributed by atoms with E-state index in [2.05, 4.69) is 31.0 Å². The van der Waals surface area contributed by atoms with E-state index in [-0.39, 0.29) is 18.2 Å². The van der Waals surface area contributed by atoms with Gasteiger partial charge in [0.2, 0.25) is 11.0 Å². The van der Waals surface area contributed by atoms with E-state index in [0.717, 1.165) is 33.5 Å². The number of rotatable bonds is 7. The molecule has 4 rings (SSSR count). The first-order valence-electron chi connectivity index (χ1n) is 9.70. The van der Waals surface area contributed by atoms with E-state index < -0.39 is 0 Å². The van der Waals surface area contributed by atoms with E-state index in [1.165, 1.54) is 0 Å². The van der Waals surface area contributed by atoms with Crippen molar-refractivity contribution in [2.24, 2.45) is 5.10 Å². The highest BCUT2D eigenvalue weighted by Crippen LogP contribution is 2.20. The van der Waals surface area contributed by atoms with Crippen LogP contribution in [0.2, 0.25) is 0 Å². The molecule has 0 saturated heterocycles. The summed E-state index contributed by atoms with van der Waals surface area (Å²) in [5.74, 6) is 0.00899. The molecule has 0 saturated carbocycles. The van der Waals surface area contributed by atoms with E-state index in [9.17, 15) is 9.59 Å². The number of methoxy groups -OCH3 is 1. The monoisotopic (exact) mass is 448 g/mol. The van der Waals surface area contributed by atoms with E-state index in [1.807, 2.05) is 31.2 Å². The Bertz CT molecular complexity index is 1290. The van der Waals surface area contributed by atoms with Crippen molar-refractivity contribution < 1.29 is 14.3 Å². The zero-order valence-electron chi connectivity index (χ0n) is 17.4. The summed E-state index contributed by atoms with van der Waals surface area (Å²) >= 11 is 1.13. The fourth-order valence-corrected chi connectivity index (χ4v) is 3.83. The molecule has 0 aliphatic rings. The summed E-state index contributed by atoms with van der Waals surface area (Å²) < 4.78 is 5.08. The van der Waals surface area contributed by atoms with Gasteiger partial charge < -0.3 is 9.72 Å². The van der Waals surface area contributed by atoms with Gasteiger partial charge in [0.1, 0.15) is 10.8 Å². The minimum atomic E-state index is -0.331. The molecule has 2 heterocycles. The van der Waals surface area contributed by atoms with Crippen LogP contribution < -0.4 is 15.5 Å². The number of carbonyl (C=O) groups excluding carboxylic acids is 2. The van der Waals surface area contributed by atoms with Gasteiger partial charge in [-0.3, -0.25) is 14.9 Å². The van der Waals surface area contributed by atoms with Crippen LogP contribution in [0, 0.1) is 6.92 Å². The molecule has 2 amide bonds. The first-order chi connectivity index (χ1) is 15.5. The number of ether oxygens (including phenoxy) is 1. The van der Waals surface area contributed by atoms with Crippen LogP contribution in [0.25, 0.3) is 10.9 Å². The largest absolute Gasteiger partial charge is 0.497 e. The van der Waals surface area contributed by atoms with E-state index in [0.29, 0.717) is 21.5 Å². The molecule has 4 aromatic rings. The Labute approximate surface area is 187 Å². The number of fused-ring (bicyclic) bond motifs is 1. The molecule has 0 unspecified atom stereocenters. The molecule has 0 atom stereocenters. The summed E-state index contributed by atoms with van der Waals surface area (Å²) in [6.07, 6.45) is 1.62. The second-order valence-electron chi connectivity index (χ2n) is 6.86. The van der Waals surface area contributed by atoms with Crippen molar-refractivity contribution in [3.63, 3.8) is 0 Å². The van der Waals surface area contributed by atoms with Gasteiger partial charge in [-0.2, -0.15) is 5.10 Å². The summed E-state index contributed by atoms with van der Waals surface area (Å²) in [7, 11) is 1.56. The average Bonchev–Trinajstić information content (AvgIpc) is 3.37. The lowest BCUT2D eigenvalue weighted by atomic mass is 10.1. The number of amides is 2.